The number of nitrogens with zero attached hydrogens (tertiary/aromatic N) is 4. The molecular formula is C20H30N4O3. The van der Waals surface area contributed by atoms with Gasteiger partial charge in [0.1, 0.15) is 0 Å². The molecule has 3 fully saturated rings. The van der Waals surface area contributed by atoms with Gasteiger partial charge in [0.2, 0.25) is 5.91 Å². The number of aromatic nitrogens is 2. The van der Waals surface area contributed by atoms with Crippen molar-refractivity contribution in [3.05, 3.63) is 17.0 Å². The Balaban J connectivity index is 1.67. The van der Waals surface area contributed by atoms with Crippen LogP contribution in [-0.4, -0.2) is 62.4 Å². The summed E-state index contributed by atoms with van der Waals surface area (Å²) in [5.74, 6) is 0.427. The van der Waals surface area contributed by atoms with Gasteiger partial charge in [0.05, 0.1) is 36.4 Å². The SMILES string of the molecule is Cc1nn(C(C)C)c(C)c1C(=O)N1CC[C@@]23OC[C@@H](C(C)C)N2C(=O)C[C@@H]13. The summed E-state index contributed by atoms with van der Waals surface area (Å²) in [4.78, 5) is 30.1. The fourth-order valence-electron chi connectivity index (χ4n) is 5.23. The maximum Gasteiger partial charge on any atom is 0.258 e. The Morgan fingerprint density at radius 3 is 2.56 bits per heavy atom. The van der Waals surface area contributed by atoms with Gasteiger partial charge in [-0.25, -0.2) is 0 Å². The molecular weight excluding hydrogens is 344 g/mol. The predicted molar refractivity (Wildman–Crippen MR) is 100 cm³/mol. The van der Waals surface area contributed by atoms with Crippen molar-refractivity contribution in [1.29, 1.82) is 0 Å². The third kappa shape index (κ3) is 2.40. The number of likely N-dealkylation sites (tertiary alicyclic amines) is 1. The number of carbonyl (C=O) groups is 2. The van der Waals surface area contributed by atoms with Crippen molar-refractivity contribution in [2.24, 2.45) is 5.92 Å². The topological polar surface area (TPSA) is 67.7 Å². The normalized spacial score (nSPS) is 30.0. The third-order valence-corrected chi connectivity index (χ3v) is 6.55. The summed E-state index contributed by atoms with van der Waals surface area (Å²) >= 11 is 0. The van der Waals surface area contributed by atoms with E-state index in [4.69, 9.17) is 4.74 Å². The second-order valence-electron chi connectivity index (χ2n) is 8.78. The highest BCUT2D eigenvalue weighted by Gasteiger charge is 2.65. The molecule has 0 aromatic carbocycles. The first-order chi connectivity index (χ1) is 12.7. The highest BCUT2D eigenvalue weighted by molar-refractivity contribution is 5.98. The first kappa shape index (κ1) is 18.5. The van der Waals surface area contributed by atoms with E-state index in [2.05, 4.69) is 32.8 Å². The summed E-state index contributed by atoms with van der Waals surface area (Å²) in [6.07, 6.45) is 1.04. The molecule has 0 aliphatic carbocycles. The molecule has 0 unspecified atom stereocenters. The summed E-state index contributed by atoms with van der Waals surface area (Å²) in [7, 11) is 0. The Morgan fingerprint density at radius 2 is 1.96 bits per heavy atom. The summed E-state index contributed by atoms with van der Waals surface area (Å²) < 4.78 is 8.15. The van der Waals surface area contributed by atoms with Crippen molar-refractivity contribution < 1.29 is 14.3 Å². The van der Waals surface area contributed by atoms with Gasteiger partial charge < -0.3 is 14.5 Å². The Bertz CT molecular complexity index is 799. The molecule has 4 heterocycles. The molecule has 0 saturated carbocycles. The smallest absolute Gasteiger partial charge is 0.258 e. The van der Waals surface area contributed by atoms with Gasteiger partial charge in [-0.3, -0.25) is 14.3 Å². The number of ether oxygens (including phenoxy) is 1. The van der Waals surface area contributed by atoms with Crippen LogP contribution in [0.3, 0.4) is 0 Å². The van der Waals surface area contributed by atoms with Crippen LogP contribution in [0.2, 0.25) is 0 Å². The van der Waals surface area contributed by atoms with Gasteiger partial charge in [-0.1, -0.05) is 13.8 Å². The number of hydrogen-bond acceptors (Lipinski definition) is 4. The molecule has 0 N–H and O–H groups in total. The molecule has 3 aliphatic heterocycles. The Kier molecular flexibility index (Phi) is 4.14. The van der Waals surface area contributed by atoms with Crippen LogP contribution in [0.25, 0.3) is 0 Å². The Hall–Kier alpha value is -1.89. The molecule has 1 aromatic heterocycles. The van der Waals surface area contributed by atoms with Gasteiger partial charge in [0.25, 0.3) is 5.91 Å². The molecule has 1 aromatic rings. The van der Waals surface area contributed by atoms with Crippen LogP contribution in [0.15, 0.2) is 0 Å². The van der Waals surface area contributed by atoms with Crippen LogP contribution in [0, 0.1) is 19.8 Å². The van der Waals surface area contributed by atoms with Crippen molar-refractivity contribution >= 4 is 11.8 Å². The van der Waals surface area contributed by atoms with Crippen molar-refractivity contribution in [3.8, 4) is 0 Å². The molecule has 7 nitrogen and oxygen atoms in total. The van der Waals surface area contributed by atoms with Gasteiger partial charge in [-0.2, -0.15) is 5.10 Å². The lowest BCUT2D eigenvalue weighted by atomic mass is 10.0. The molecule has 0 radical (unpaired) electrons. The highest BCUT2D eigenvalue weighted by atomic mass is 16.5. The molecule has 27 heavy (non-hydrogen) atoms. The quantitative estimate of drug-likeness (QED) is 0.814. The lowest BCUT2D eigenvalue weighted by Gasteiger charge is -2.34. The van der Waals surface area contributed by atoms with Crippen LogP contribution in [-0.2, 0) is 9.53 Å². The van der Waals surface area contributed by atoms with E-state index < -0.39 is 5.72 Å². The van der Waals surface area contributed by atoms with E-state index in [9.17, 15) is 9.59 Å². The van der Waals surface area contributed by atoms with Crippen molar-refractivity contribution in [2.45, 2.75) is 78.2 Å². The van der Waals surface area contributed by atoms with E-state index in [1.54, 1.807) is 0 Å². The second-order valence-corrected chi connectivity index (χ2v) is 8.78. The van der Waals surface area contributed by atoms with Crippen LogP contribution >= 0.6 is 0 Å². The molecule has 148 valence electrons. The monoisotopic (exact) mass is 374 g/mol. The van der Waals surface area contributed by atoms with E-state index in [0.717, 1.165) is 11.4 Å². The minimum absolute atomic E-state index is 0.0231. The molecule has 1 spiro atoms. The van der Waals surface area contributed by atoms with Crippen LogP contribution in [0.1, 0.15) is 68.3 Å². The molecule has 3 atom stereocenters. The minimum atomic E-state index is -0.627. The predicted octanol–water partition coefficient (Wildman–Crippen LogP) is 2.28. The van der Waals surface area contributed by atoms with Gasteiger partial charge in [0.15, 0.2) is 5.72 Å². The fourth-order valence-corrected chi connectivity index (χ4v) is 5.23. The molecule has 0 bridgehead atoms. The molecule has 7 heteroatoms. The van der Waals surface area contributed by atoms with Crippen LogP contribution in [0.5, 0.6) is 0 Å². The summed E-state index contributed by atoms with van der Waals surface area (Å²) in [5, 5.41) is 4.56. The fraction of sp³-hybridized carbons (Fsp3) is 0.750. The van der Waals surface area contributed by atoms with Crippen molar-refractivity contribution in [1.82, 2.24) is 19.6 Å². The number of aryl methyl sites for hydroxylation is 1. The molecule has 3 aliphatic rings. The lowest BCUT2D eigenvalue weighted by molar-refractivity contribution is -0.139. The summed E-state index contributed by atoms with van der Waals surface area (Å²) in [6.45, 7) is 13.4. The summed E-state index contributed by atoms with van der Waals surface area (Å²) in [5.41, 5.74) is 1.69. The zero-order valence-electron chi connectivity index (χ0n) is 17.2. The largest absolute Gasteiger partial charge is 0.351 e. The van der Waals surface area contributed by atoms with Gasteiger partial charge in [-0.15, -0.1) is 0 Å². The standard InChI is InChI=1S/C20H30N4O3/c1-11(2)15-10-27-20-7-8-22(16(20)9-17(25)23(15)20)19(26)18-13(5)21-24(12(3)4)14(18)6/h11-12,15-16H,7-10H2,1-6H3/t15-,16+,20-/m0/s1. The average Bonchev–Trinajstić information content (AvgIpc) is 3.27. The van der Waals surface area contributed by atoms with Gasteiger partial charge in [-0.05, 0) is 33.6 Å². The van der Waals surface area contributed by atoms with Crippen LogP contribution < -0.4 is 0 Å². The van der Waals surface area contributed by atoms with Crippen molar-refractivity contribution in [3.63, 3.8) is 0 Å². The van der Waals surface area contributed by atoms with E-state index >= 15 is 0 Å². The Labute approximate surface area is 160 Å². The zero-order valence-corrected chi connectivity index (χ0v) is 17.2. The molecule has 2 amide bonds. The van der Waals surface area contributed by atoms with Gasteiger partial charge in [0, 0.05) is 24.7 Å². The van der Waals surface area contributed by atoms with E-state index in [1.165, 1.54) is 0 Å². The molecule has 4 rings (SSSR count). The van der Waals surface area contributed by atoms with E-state index in [-0.39, 0.29) is 29.9 Å². The van der Waals surface area contributed by atoms with Crippen molar-refractivity contribution in [2.75, 3.05) is 13.2 Å². The highest BCUT2D eigenvalue weighted by Crippen LogP contribution is 2.49. The lowest BCUT2D eigenvalue weighted by Crippen LogP contribution is -2.51. The van der Waals surface area contributed by atoms with E-state index in [0.29, 0.717) is 37.5 Å². The van der Waals surface area contributed by atoms with E-state index in [1.807, 2.05) is 28.3 Å². The first-order valence-corrected chi connectivity index (χ1v) is 10.0. The zero-order chi connectivity index (χ0) is 19.7. The second kappa shape index (κ2) is 6.06. The Morgan fingerprint density at radius 1 is 1.26 bits per heavy atom. The van der Waals surface area contributed by atoms with Gasteiger partial charge >= 0.3 is 0 Å². The number of hydrogen-bond donors (Lipinski definition) is 0. The maximum absolute atomic E-state index is 13.5. The number of carbonyl (C=O) groups excluding carboxylic acids is 2. The average molecular weight is 374 g/mol. The third-order valence-electron chi connectivity index (χ3n) is 6.55. The number of amides is 2. The molecule has 3 saturated heterocycles. The summed E-state index contributed by atoms with van der Waals surface area (Å²) in [6, 6.07) is 0.0934. The van der Waals surface area contributed by atoms with Crippen LogP contribution in [0.4, 0.5) is 0 Å². The maximum atomic E-state index is 13.5. The minimum Gasteiger partial charge on any atom is -0.351 e. The number of rotatable bonds is 3. The first-order valence-electron chi connectivity index (χ1n) is 10.0.